The Kier molecular flexibility index (Phi) is 6.01. The zero-order valence-corrected chi connectivity index (χ0v) is 15.1. The highest BCUT2D eigenvalue weighted by Gasteiger charge is 2.26. The van der Waals surface area contributed by atoms with E-state index in [9.17, 15) is 13.6 Å². The molecule has 1 aromatic carbocycles. The van der Waals surface area contributed by atoms with Gasteiger partial charge >= 0.3 is 0 Å². The number of halogens is 2. The number of amides is 1. The van der Waals surface area contributed by atoms with Crippen LogP contribution in [-0.2, 0) is 13.0 Å². The van der Waals surface area contributed by atoms with Gasteiger partial charge < -0.3 is 4.90 Å². The van der Waals surface area contributed by atoms with E-state index in [1.807, 2.05) is 4.90 Å². The number of benzene rings is 1. The van der Waals surface area contributed by atoms with E-state index in [2.05, 4.69) is 12.0 Å². The molecule has 1 saturated heterocycles. The lowest BCUT2D eigenvalue weighted by molar-refractivity contribution is 0.0655. The highest BCUT2D eigenvalue weighted by Crippen LogP contribution is 2.24. The van der Waals surface area contributed by atoms with Gasteiger partial charge in [0, 0.05) is 31.4 Å². The Labute approximate surface area is 152 Å². The van der Waals surface area contributed by atoms with Gasteiger partial charge in [-0.1, -0.05) is 13.0 Å². The van der Waals surface area contributed by atoms with Crippen LogP contribution in [0.3, 0.4) is 0 Å². The first-order valence-corrected chi connectivity index (χ1v) is 9.34. The molecule has 2 aromatic rings. The van der Waals surface area contributed by atoms with E-state index in [0.29, 0.717) is 25.1 Å². The van der Waals surface area contributed by atoms with Crippen molar-refractivity contribution in [2.75, 3.05) is 13.1 Å². The van der Waals surface area contributed by atoms with Crippen molar-refractivity contribution >= 4 is 5.91 Å². The number of aromatic nitrogens is 2. The molecule has 0 unspecified atom stereocenters. The number of aryl methyl sites for hydroxylation is 1. The molecule has 26 heavy (non-hydrogen) atoms. The Hall–Kier alpha value is -2.24. The molecule has 6 heteroatoms. The number of nitrogens with zero attached hydrogens (tertiary/aromatic N) is 3. The second-order valence-electron chi connectivity index (χ2n) is 6.94. The Balaban J connectivity index is 1.62. The number of hydrogen-bond acceptors (Lipinski definition) is 2. The summed E-state index contributed by atoms with van der Waals surface area (Å²) >= 11 is 0. The predicted octanol–water partition coefficient (Wildman–Crippen LogP) is 4.06. The molecule has 1 fully saturated rings. The number of piperidine rings is 1. The molecule has 0 spiro atoms. The van der Waals surface area contributed by atoms with Crippen LogP contribution in [0.2, 0.25) is 0 Å². The van der Waals surface area contributed by atoms with Crippen molar-refractivity contribution in [2.45, 2.75) is 45.6 Å². The van der Waals surface area contributed by atoms with Gasteiger partial charge in [-0.05, 0) is 56.2 Å². The lowest BCUT2D eigenvalue weighted by Crippen LogP contribution is -2.41. The molecule has 0 saturated carbocycles. The fourth-order valence-corrected chi connectivity index (χ4v) is 3.67. The zero-order valence-electron chi connectivity index (χ0n) is 15.1. The standard InChI is InChI=1S/C20H25F2N3O/c1-2-12-25-19(10-11-23-25)20(26)24-13-4-5-15(14-24)8-9-16-17(21)6-3-7-18(16)22/h3,6-7,10-11,15H,2,4-5,8-9,12-14H2,1H3/t15-/m1/s1. The fourth-order valence-electron chi connectivity index (χ4n) is 3.67. The summed E-state index contributed by atoms with van der Waals surface area (Å²) in [6, 6.07) is 5.74. The quantitative estimate of drug-likeness (QED) is 0.778. The number of carbonyl (C=O) groups excluding carboxylic acids is 1. The minimum Gasteiger partial charge on any atom is -0.337 e. The third kappa shape index (κ3) is 4.11. The third-order valence-electron chi connectivity index (χ3n) is 5.04. The second kappa shape index (κ2) is 8.43. The maximum Gasteiger partial charge on any atom is 0.272 e. The molecule has 1 atom stereocenters. The van der Waals surface area contributed by atoms with Crippen LogP contribution in [0, 0.1) is 17.6 Å². The Bertz CT molecular complexity index is 739. The summed E-state index contributed by atoms with van der Waals surface area (Å²) < 4.78 is 29.3. The van der Waals surface area contributed by atoms with Crippen molar-refractivity contribution in [1.82, 2.24) is 14.7 Å². The summed E-state index contributed by atoms with van der Waals surface area (Å²) in [6.07, 6.45) is 5.51. The van der Waals surface area contributed by atoms with Gasteiger partial charge in [0.15, 0.2) is 0 Å². The summed E-state index contributed by atoms with van der Waals surface area (Å²) in [6.45, 7) is 4.12. The Morgan fingerprint density at radius 3 is 2.77 bits per heavy atom. The van der Waals surface area contributed by atoms with Crippen LogP contribution in [0.5, 0.6) is 0 Å². The fraction of sp³-hybridized carbons (Fsp3) is 0.500. The van der Waals surface area contributed by atoms with Crippen LogP contribution < -0.4 is 0 Å². The maximum absolute atomic E-state index is 13.8. The molecule has 4 nitrogen and oxygen atoms in total. The van der Waals surface area contributed by atoms with Crippen molar-refractivity contribution in [2.24, 2.45) is 5.92 Å². The van der Waals surface area contributed by atoms with Crippen LogP contribution in [0.4, 0.5) is 8.78 Å². The molecule has 140 valence electrons. The van der Waals surface area contributed by atoms with Crippen LogP contribution in [-0.4, -0.2) is 33.7 Å². The van der Waals surface area contributed by atoms with E-state index in [0.717, 1.165) is 32.4 Å². The monoisotopic (exact) mass is 361 g/mol. The molecule has 0 aliphatic carbocycles. The van der Waals surface area contributed by atoms with Gasteiger partial charge in [0.2, 0.25) is 0 Å². The molecule has 1 aromatic heterocycles. The van der Waals surface area contributed by atoms with E-state index in [1.54, 1.807) is 16.9 Å². The van der Waals surface area contributed by atoms with Gasteiger partial charge in [-0.3, -0.25) is 9.48 Å². The van der Waals surface area contributed by atoms with E-state index in [1.165, 1.54) is 18.2 Å². The Morgan fingerprint density at radius 1 is 1.27 bits per heavy atom. The topological polar surface area (TPSA) is 38.1 Å². The van der Waals surface area contributed by atoms with Crippen molar-refractivity contribution in [1.29, 1.82) is 0 Å². The summed E-state index contributed by atoms with van der Waals surface area (Å²) in [5, 5.41) is 4.22. The van der Waals surface area contributed by atoms with Crippen molar-refractivity contribution in [3.8, 4) is 0 Å². The highest BCUT2D eigenvalue weighted by molar-refractivity contribution is 5.92. The molecule has 0 bridgehead atoms. The van der Waals surface area contributed by atoms with E-state index < -0.39 is 11.6 Å². The van der Waals surface area contributed by atoms with Crippen LogP contribution in [0.25, 0.3) is 0 Å². The lowest BCUT2D eigenvalue weighted by Gasteiger charge is -2.33. The molecule has 1 amide bonds. The highest BCUT2D eigenvalue weighted by atomic mass is 19.1. The minimum absolute atomic E-state index is 0.00211. The van der Waals surface area contributed by atoms with Crippen molar-refractivity contribution in [3.05, 3.63) is 53.4 Å². The summed E-state index contributed by atoms with van der Waals surface area (Å²) in [4.78, 5) is 14.7. The summed E-state index contributed by atoms with van der Waals surface area (Å²) in [7, 11) is 0. The van der Waals surface area contributed by atoms with Gasteiger partial charge in [0.25, 0.3) is 5.91 Å². The van der Waals surface area contributed by atoms with Crippen molar-refractivity contribution in [3.63, 3.8) is 0 Å². The molecule has 3 rings (SSSR count). The van der Waals surface area contributed by atoms with Crippen LogP contribution >= 0.6 is 0 Å². The van der Waals surface area contributed by atoms with Gasteiger partial charge in [-0.15, -0.1) is 0 Å². The second-order valence-corrected chi connectivity index (χ2v) is 6.94. The first-order valence-electron chi connectivity index (χ1n) is 9.34. The van der Waals surface area contributed by atoms with Gasteiger partial charge in [0.05, 0.1) is 0 Å². The molecule has 0 radical (unpaired) electrons. The number of likely N-dealkylation sites (tertiary alicyclic amines) is 1. The molecular formula is C20H25F2N3O. The first-order chi connectivity index (χ1) is 12.6. The molecule has 1 aliphatic heterocycles. The molecule has 1 aliphatic rings. The maximum atomic E-state index is 13.8. The first kappa shape index (κ1) is 18.5. The van der Waals surface area contributed by atoms with Gasteiger partial charge in [-0.2, -0.15) is 5.10 Å². The average Bonchev–Trinajstić information content (AvgIpc) is 3.09. The van der Waals surface area contributed by atoms with Crippen LogP contribution in [0.15, 0.2) is 30.5 Å². The van der Waals surface area contributed by atoms with E-state index in [-0.39, 0.29) is 17.4 Å². The number of rotatable bonds is 6. The average molecular weight is 361 g/mol. The largest absolute Gasteiger partial charge is 0.337 e. The summed E-state index contributed by atoms with van der Waals surface area (Å²) in [5.74, 6) is -0.721. The lowest BCUT2D eigenvalue weighted by atomic mass is 9.91. The number of hydrogen-bond donors (Lipinski definition) is 0. The van der Waals surface area contributed by atoms with E-state index in [4.69, 9.17) is 0 Å². The Morgan fingerprint density at radius 2 is 2.04 bits per heavy atom. The van der Waals surface area contributed by atoms with Gasteiger partial charge in [-0.25, -0.2) is 8.78 Å². The molecule has 0 N–H and O–H groups in total. The minimum atomic E-state index is -0.489. The SMILES string of the molecule is CCCn1nccc1C(=O)N1CCC[C@H](CCc2c(F)cccc2F)C1. The number of carbonyl (C=O) groups is 1. The van der Waals surface area contributed by atoms with Gasteiger partial charge in [0.1, 0.15) is 17.3 Å². The molecule has 2 heterocycles. The smallest absolute Gasteiger partial charge is 0.272 e. The zero-order chi connectivity index (χ0) is 18.5. The summed E-state index contributed by atoms with van der Waals surface area (Å²) in [5.41, 5.74) is 0.768. The van der Waals surface area contributed by atoms with E-state index >= 15 is 0 Å². The third-order valence-corrected chi connectivity index (χ3v) is 5.04. The molecular weight excluding hydrogens is 336 g/mol. The van der Waals surface area contributed by atoms with Crippen molar-refractivity contribution < 1.29 is 13.6 Å². The van der Waals surface area contributed by atoms with Crippen LogP contribution in [0.1, 0.15) is 48.7 Å². The normalized spacial score (nSPS) is 17.5. The predicted molar refractivity (Wildman–Crippen MR) is 95.8 cm³/mol.